The molecule has 0 radical (unpaired) electrons. The fourth-order valence-corrected chi connectivity index (χ4v) is 0.407. The number of hydrogen-bond acceptors (Lipinski definition) is 2. The Labute approximate surface area is 55.8 Å². The Morgan fingerprint density at radius 1 is 1.30 bits per heavy atom. The second-order valence-electron chi connectivity index (χ2n) is 2.56. The lowest BCUT2D eigenvalue weighted by atomic mass is 10.4. The van der Waals surface area contributed by atoms with E-state index in [9.17, 15) is 13.2 Å². The molecule has 0 amide bonds. The van der Waals surface area contributed by atoms with Crippen LogP contribution in [0.3, 0.4) is 0 Å². The molecule has 0 aromatic carbocycles. The van der Waals surface area contributed by atoms with Crippen LogP contribution < -0.4 is 0 Å². The van der Waals surface area contributed by atoms with Crippen LogP contribution in [0.5, 0.6) is 0 Å². The zero-order valence-corrected chi connectivity index (χ0v) is 5.36. The van der Waals surface area contributed by atoms with Crippen LogP contribution in [-0.2, 0) is 9.78 Å². The van der Waals surface area contributed by atoms with Crippen molar-refractivity contribution in [1.82, 2.24) is 0 Å². The summed E-state index contributed by atoms with van der Waals surface area (Å²) in [4.78, 5) is 7.24. The third kappa shape index (κ3) is 2.53. The second-order valence-corrected chi connectivity index (χ2v) is 2.56. The first-order valence-electron chi connectivity index (χ1n) is 2.85. The van der Waals surface area contributed by atoms with Crippen molar-refractivity contribution in [2.75, 3.05) is 0 Å². The normalized spacial score (nSPS) is 22.8. The van der Waals surface area contributed by atoms with Crippen molar-refractivity contribution < 1.29 is 22.9 Å². The van der Waals surface area contributed by atoms with Gasteiger partial charge in [0.2, 0.25) is 0 Å². The van der Waals surface area contributed by atoms with Gasteiger partial charge in [-0.1, -0.05) is 0 Å². The number of alkyl halides is 3. The van der Waals surface area contributed by atoms with Crippen molar-refractivity contribution in [2.45, 2.75) is 31.7 Å². The predicted molar refractivity (Wildman–Crippen MR) is 25.9 cm³/mol. The smallest absolute Gasteiger partial charge is 0.222 e. The lowest BCUT2D eigenvalue weighted by molar-refractivity contribution is -0.500. The van der Waals surface area contributed by atoms with Crippen LogP contribution in [0.15, 0.2) is 0 Å². The molecule has 0 saturated heterocycles. The molecule has 0 aromatic heterocycles. The van der Waals surface area contributed by atoms with Crippen molar-refractivity contribution in [3.05, 3.63) is 0 Å². The first-order chi connectivity index (χ1) is 4.41. The molecular weight excluding hydrogens is 149 g/mol. The molecule has 0 bridgehead atoms. The van der Waals surface area contributed by atoms with Crippen LogP contribution in [0.4, 0.5) is 13.2 Å². The number of rotatable bonds is 2. The van der Waals surface area contributed by atoms with Gasteiger partial charge in [0.15, 0.2) is 0 Å². The summed E-state index contributed by atoms with van der Waals surface area (Å²) in [5.41, 5.74) is -0.685. The van der Waals surface area contributed by atoms with Gasteiger partial charge in [-0.2, -0.15) is 0 Å². The standard InChI is InChI=1S/C5H7F3O2/c1-4(2-3-4)9-10-5(6,7)8/h2-3H2,1H3. The molecule has 0 spiro atoms. The molecule has 0 heterocycles. The molecule has 5 heteroatoms. The van der Waals surface area contributed by atoms with E-state index in [1.807, 2.05) is 0 Å². The van der Waals surface area contributed by atoms with Crippen molar-refractivity contribution in [3.8, 4) is 0 Å². The van der Waals surface area contributed by atoms with E-state index in [0.29, 0.717) is 12.8 Å². The maximum atomic E-state index is 11.3. The van der Waals surface area contributed by atoms with Gasteiger partial charge in [0.1, 0.15) is 5.60 Å². The van der Waals surface area contributed by atoms with E-state index in [-0.39, 0.29) is 0 Å². The lowest BCUT2D eigenvalue weighted by Crippen LogP contribution is -2.19. The molecule has 0 N–H and O–H groups in total. The maximum Gasteiger partial charge on any atom is 0.549 e. The summed E-state index contributed by atoms with van der Waals surface area (Å²) in [5.74, 6) is 0. The molecule has 0 aromatic rings. The van der Waals surface area contributed by atoms with Crippen molar-refractivity contribution >= 4 is 0 Å². The Balaban J connectivity index is 2.17. The largest absolute Gasteiger partial charge is 0.549 e. The van der Waals surface area contributed by atoms with Gasteiger partial charge < -0.3 is 0 Å². The number of hydrogen-bond donors (Lipinski definition) is 0. The van der Waals surface area contributed by atoms with Crippen LogP contribution in [-0.4, -0.2) is 12.0 Å². The summed E-state index contributed by atoms with van der Waals surface area (Å²) >= 11 is 0. The Hall–Kier alpha value is -0.290. The summed E-state index contributed by atoms with van der Waals surface area (Å²) in [6.45, 7) is 1.57. The van der Waals surface area contributed by atoms with E-state index < -0.39 is 12.0 Å². The third-order valence-electron chi connectivity index (χ3n) is 1.29. The second kappa shape index (κ2) is 2.10. The minimum absolute atomic E-state index is 0.628. The zero-order valence-electron chi connectivity index (χ0n) is 5.36. The van der Waals surface area contributed by atoms with Crippen molar-refractivity contribution in [1.29, 1.82) is 0 Å². The third-order valence-corrected chi connectivity index (χ3v) is 1.29. The van der Waals surface area contributed by atoms with Crippen molar-refractivity contribution in [3.63, 3.8) is 0 Å². The zero-order chi connectivity index (χ0) is 7.83. The van der Waals surface area contributed by atoms with Gasteiger partial charge in [-0.05, 0) is 19.8 Å². The van der Waals surface area contributed by atoms with Crippen molar-refractivity contribution in [2.24, 2.45) is 0 Å². The molecular formula is C5H7F3O2. The molecule has 1 aliphatic rings. The average Bonchev–Trinajstić information content (AvgIpc) is 2.43. The van der Waals surface area contributed by atoms with E-state index in [0.717, 1.165) is 0 Å². The molecule has 1 rings (SSSR count). The van der Waals surface area contributed by atoms with Crippen LogP contribution in [0, 0.1) is 0 Å². The van der Waals surface area contributed by atoms with E-state index in [1.54, 1.807) is 6.92 Å². The molecule has 10 heavy (non-hydrogen) atoms. The van der Waals surface area contributed by atoms with Gasteiger partial charge in [0.25, 0.3) is 0 Å². The molecule has 0 atom stereocenters. The van der Waals surface area contributed by atoms with Crippen LogP contribution in [0.2, 0.25) is 0 Å². The van der Waals surface area contributed by atoms with Gasteiger partial charge in [-0.3, -0.25) is 0 Å². The van der Waals surface area contributed by atoms with Crippen LogP contribution in [0.25, 0.3) is 0 Å². The molecule has 1 fully saturated rings. The molecule has 1 saturated carbocycles. The Morgan fingerprint density at radius 3 is 2.10 bits per heavy atom. The minimum Gasteiger partial charge on any atom is -0.222 e. The first-order valence-corrected chi connectivity index (χ1v) is 2.85. The fourth-order valence-electron chi connectivity index (χ4n) is 0.407. The number of halogens is 3. The highest BCUT2D eigenvalue weighted by Gasteiger charge is 2.44. The van der Waals surface area contributed by atoms with Gasteiger partial charge in [0, 0.05) is 0 Å². The molecule has 0 aliphatic heterocycles. The summed E-state index contributed by atoms with van der Waals surface area (Å²) in [5, 5.41) is 0. The maximum absolute atomic E-state index is 11.3. The highest BCUT2D eigenvalue weighted by atomic mass is 19.4. The van der Waals surface area contributed by atoms with Crippen LogP contribution >= 0.6 is 0 Å². The van der Waals surface area contributed by atoms with E-state index >= 15 is 0 Å². The topological polar surface area (TPSA) is 18.5 Å². The summed E-state index contributed by atoms with van der Waals surface area (Å²) < 4.78 is 33.8. The predicted octanol–water partition coefficient (Wildman–Crippen LogP) is 2.01. The Kier molecular flexibility index (Phi) is 1.64. The Morgan fingerprint density at radius 2 is 1.80 bits per heavy atom. The van der Waals surface area contributed by atoms with E-state index in [4.69, 9.17) is 0 Å². The summed E-state index contributed by atoms with van der Waals surface area (Å²) in [7, 11) is 0. The van der Waals surface area contributed by atoms with Gasteiger partial charge in [0.05, 0.1) is 0 Å². The monoisotopic (exact) mass is 156 g/mol. The SMILES string of the molecule is CC1(OOC(F)(F)F)CC1. The highest BCUT2D eigenvalue weighted by molar-refractivity contribution is 4.89. The van der Waals surface area contributed by atoms with E-state index in [1.165, 1.54) is 0 Å². The summed E-state index contributed by atoms with van der Waals surface area (Å²) in [6, 6.07) is 0. The average molecular weight is 156 g/mol. The molecule has 0 unspecified atom stereocenters. The lowest BCUT2D eigenvalue weighted by Gasteiger charge is -2.10. The van der Waals surface area contributed by atoms with Gasteiger partial charge >= 0.3 is 6.36 Å². The quantitative estimate of drug-likeness (QED) is 0.449. The highest BCUT2D eigenvalue weighted by Crippen LogP contribution is 2.40. The first kappa shape index (κ1) is 7.81. The van der Waals surface area contributed by atoms with Gasteiger partial charge in [-0.25, -0.2) is 4.89 Å². The minimum atomic E-state index is -4.68. The van der Waals surface area contributed by atoms with Gasteiger partial charge in [-0.15, -0.1) is 18.1 Å². The van der Waals surface area contributed by atoms with E-state index in [2.05, 4.69) is 9.78 Å². The molecule has 2 nitrogen and oxygen atoms in total. The molecule has 60 valence electrons. The Bertz CT molecular complexity index is 122. The molecule has 1 aliphatic carbocycles. The summed E-state index contributed by atoms with van der Waals surface area (Å²) in [6.07, 6.45) is -3.42. The fraction of sp³-hybridized carbons (Fsp3) is 1.00. The van der Waals surface area contributed by atoms with Crippen LogP contribution in [0.1, 0.15) is 19.8 Å².